The molecule has 0 radical (unpaired) electrons. The second-order valence-electron chi connectivity index (χ2n) is 8.12. The van der Waals surface area contributed by atoms with Crippen LogP contribution in [-0.4, -0.2) is 69.9 Å². The Kier molecular flexibility index (Phi) is 12.0. The maximum absolute atomic E-state index is 11.6. The molecule has 33 heavy (non-hydrogen) atoms. The van der Waals surface area contributed by atoms with Crippen molar-refractivity contribution in [3.05, 3.63) is 38.0 Å². The minimum absolute atomic E-state index is 0.0325. The molecule has 9 nitrogen and oxygen atoms in total. The SMILES string of the molecule is C=CC(=O)OCC(CC)(COCC(CC)(COC(C)=O)COC1OC1C=C)COC(=O)C=C. The van der Waals surface area contributed by atoms with Gasteiger partial charge in [0, 0.05) is 19.1 Å². The molecule has 0 aromatic heterocycles. The van der Waals surface area contributed by atoms with Gasteiger partial charge in [-0.15, -0.1) is 6.58 Å². The van der Waals surface area contributed by atoms with Crippen LogP contribution in [0.4, 0.5) is 0 Å². The molecule has 0 aromatic carbocycles. The van der Waals surface area contributed by atoms with Crippen LogP contribution in [0.1, 0.15) is 33.6 Å². The van der Waals surface area contributed by atoms with Crippen molar-refractivity contribution >= 4 is 17.9 Å². The lowest BCUT2D eigenvalue weighted by atomic mass is 9.86. The number of carbonyl (C=O) groups excluding carboxylic acids is 3. The summed E-state index contributed by atoms with van der Waals surface area (Å²) in [5.41, 5.74) is -1.41. The van der Waals surface area contributed by atoms with E-state index in [2.05, 4.69) is 19.7 Å². The Balaban J connectivity index is 2.87. The zero-order valence-electron chi connectivity index (χ0n) is 19.8. The van der Waals surface area contributed by atoms with Crippen LogP contribution in [0.15, 0.2) is 38.0 Å². The van der Waals surface area contributed by atoms with Gasteiger partial charge in [-0.3, -0.25) is 4.79 Å². The van der Waals surface area contributed by atoms with Gasteiger partial charge in [-0.25, -0.2) is 9.59 Å². The largest absolute Gasteiger partial charge is 0.465 e. The van der Waals surface area contributed by atoms with Crippen molar-refractivity contribution in [1.82, 2.24) is 0 Å². The molecule has 0 saturated carbocycles. The van der Waals surface area contributed by atoms with E-state index in [9.17, 15) is 14.4 Å². The van der Waals surface area contributed by atoms with Gasteiger partial charge in [-0.05, 0) is 12.8 Å². The molecule has 1 rings (SSSR count). The summed E-state index contributed by atoms with van der Waals surface area (Å²) in [6, 6.07) is 0. The fourth-order valence-electron chi connectivity index (χ4n) is 2.84. The van der Waals surface area contributed by atoms with Gasteiger partial charge in [-0.1, -0.05) is 33.1 Å². The number of rotatable bonds is 18. The van der Waals surface area contributed by atoms with Crippen molar-refractivity contribution in [2.45, 2.75) is 46.0 Å². The summed E-state index contributed by atoms with van der Waals surface area (Å²) in [6.45, 7) is 16.2. The third-order valence-corrected chi connectivity index (χ3v) is 5.54. The molecule has 3 unspecified atom stereocenters. The first-order valence-corrected chi connectivity index (χ1v) is 10.9. The van der Waals surface area contributed by atoms with E-state index < -0.39 is 28.7 Å². The maximum atomic E-state index is 11.6. The van der Waals surface area contributed by atoms with E-state index in [1.165, 1.54) is 6.92 Å². The van der Waals surface area contributed by atoms with Gasteiger partial charge in [0.25, 0.3) is 0 Å². The number of hydrogen-bond donors (Lipinski definition) is 0. The standard InChI is InChI=1S/C24H36O9/c1-7-19-22(33-19)32-17-23(10-4,14-29-18(6)25)12-28-13-24(11-5,15-30-20(26)8-2)16-31-21(27)9-3/h7-9,19,22H,1-3,10-17H2,4-6H3. The molecule has 0 N–H and O–H groups in total. The van der Waals surface area contributed by atoms with Crippen LogP contribution < -0.4 is 0 Å². The lowest BCUT2D eigenvalue weighted by Gasteiger charge is -2.35. The average Bonchev–Trinajstić information content (AvgIpc) is 3.60. The molecule has 0 aliphatic carbocycles. The molecule has 0 bridgehead atoms. The van der Waals surface area contributed by atoms with E-state index in [0.29, 0.717) is 12.8 Å². The summed E-state index contributed by atoms with van der Waals surface area (Å²) in [4.78, 5) is 34.7. The topological polar surface area (TPSA) is 110 Å². The minimum Gasteiger partial charge on any atom is -0.465 e. The van der Waals surface area contributed by atoms with Gasteiger partial charge in [-0.2, -0.15) is 0 Å². The van der Waals surface area contributed by atoms with E-state index in [0.717, 1.165) is 12.2 Å². The molecule has 0 aromatic rings. The predicted molar refractivity (Wildman–Crippen MR) is 120 cm³/mol. The summed E-state index contributed by atoms with van der Waals surface area (Å²) in [5.74, 6) is -1.58. The van der Waals surface area contributed by atoms with Crippen molar-refractivity contribution in [1.29, 1.82) is 0 Å². The molecule has 9 heteroatoms. The van der Waals surface area contributed by atoms with Crippen molar-refractivity contribution in [3.63, 3.8) is 0 Å². The Bertz CT molecular complexity index is 678. The quantitative estimate of drug-likeness (QED) is 0.0986. The highest BCUT2D eigenvalue weighted by Gasteiger charge is 2.41. The summed E-state index contributed by atoms with van der Waals surface area (Å²) >= 11 is 0. The van der Waals surface area contributed by atoms with Crippen LogP contribution >= 0.6 is 0 Å². The molecule has 0 amide bonds. The first kappa shape index (κ1) is 28.5. The smallest absolute Gasteiger partial charge is 0.330 e. The molecule has 1 aliphatic rings. The average molecular weight is 469 g/mol. The number of hydrogen-bond acceptors (Lipinski definition) is 9. The Morgan fingerprint density at radius 3 is 1.70 bits per heavy atom. The van der Waals surface area contributed by atoms with E-state index in [-0.39, 0.29) is 52.0 Å². The van der Waals surface area contributed by atoms with Crippen LogP contribution in [-0.2, 0) is 42.8 Å². The second kappa shape index (κ2) is 13.9. The second-order valence-corrected chi connectivity index (χ2v) is 8.12. The molecule has 1 fully saturated rings. The highest BCUT2D eigenvalue weighted by atomic mass is 16.8. The van der Waals surface area contributed by atoms with Gasteiger partial charge >= 0.3 is 17.9 Å². The van der Waals surface area contributed by atoms with Gasteiger partial charge in [0.2, 0.25) is 0 Å². The van der Waals surface area contributed by atoms with Gasteiger partial charge in [0.05, 0.1) is 30.7 Å². The van der Waals surface area contributed by atoms with Crippen LogP contribution in [0.25, 0.3) is 0 Å². The number of esters is 3. The van der Waals surface area contributed by atoms with Gasteiger partial charge in [0.1, 0.15) is 25.9 Å². The number of epoxide rings is 1. The summed E-state index contributed by atoms with van der Waals surface area (Å²) in [5, 5.41) is 0. The zero-order valence-corrected chi connectivity index (χ0v) is 19.8. The lowest BCUT2D eigenvalue weighted by molar-refractivity contribution is -0.157. The minimum atomic E-state index is -0.785. The third-order valence-electron chi connectivity index (χ3n) is 5.54. The molecule has 0 spiro atoms. The molecule has 3 atom stereocenters. The first-order chi connectivity index (χ1) is 15.7. The van der Waals surface area contributed by atoms with E-state index in [4.69, 9.17) is 28.4 Å². The number of carbonyl (C=O) groups is 3. The van der Waals surface area contributed by atoms with E-state index in [1.807, 2.05) is 13.8 Å². The Morgan fingerprint density at radius 1 is 0.818 bits per heavy atom. The van der Waals surface area contributed by atoms with Crippen LogP contribution in [0.5, 0.6) is 0 Å². The predicted octanol–water partition coefficient (Wildman–Crippen LogP) is 2.74. The molecular weight excluding hydrogens is 432 g/mol. The highest BCUT2D eigenvalue weighted by molar-refractivity contribution is 5.81. The van der Waals surface area contributed by atoms with Gasteiger partial charge in [0.15, 0.2) is 6.29 Å². The van der Waals surface area contributed by atoms with E-state index >= 15 is 0 Å². The maximum Gasteiger partial charge on any atom is 0.330 e. The van der Waals surface area contributed by atoms with Crippen LogP contribution in [0.2, 0.25) is 0 Å². The summed E-state index contributed by atoms with van der Waals surface area (Å²) in [6.07, 6.45) is 4.35. The molecule has 1 aliphatic heterocycles. The fourth-order valence-corrected chi connectivity index (χ4v) is 2.84. The lowest BCUT2D eigenvalue weighted by Crippen LogP contribution is -2.42. The molecule has 186 valence electrons. The monoisotopic (exact) mass is 468 g/mol. The summed E-state index contributed by atoms with van der Waals surface area (Å²) < 4.78 is 33.0. The van der Waals surface area contributed by atoms with Crippen molar-refractivity contribution < 1.29 is 42.8 Å². The Labute approximate surface area is 195 Å². The van der Waals surface area contributed by atoms with Crippen molar-refractivity contribution in [2.75, 3.05) is 39.6 Å². The normalized spacial score (nSPS) is 19.0. The Morgan fingerprint density at radius 2 is 1.30 bits per heavy atom. The van der Waals surface area contributed by atoms with Crippen LogP contribution in [0.3, 0.4) is 0 Å². The van der Waals surface area contributed by atoms with Crippen LogP contribution in [0, 0.1) is 10.8 Å². The molecule has 1 heterocycles. The third kappa shape index (κ3) is 9.89. The number of ether oxygens (including phenoxy) is 6. The van der Waals surface area contributed by atoms with Gasteiger partial charge < -0.3 is 28.4 Å². The molecule has 1 saturated heterocycles. The van der Waals surface area contributed by atoms with E-state index in [1.54, 1.807) is 6.08 Å². The zero-order chi connectivity index (χ0) is 24.9. The van der Waals surface area contributed by atoms with Crippen molar-refractivity contribution in [3.8, 4) is 0 Å². The fraction of sp³-hybridized carbons (Fsp3) is 0.625. The first-order valence-electron chi connectivity index (χ1n) is 10.9. The van der Waals surface area contributed by atoms with Crippen molar-refractivity contribution in [2.24, 2.45) is 10.8 Å². The summed E-state index contributed by atoms with van der Waals surface area (Å²) in [7, 11) is 0. The Hall–Kier alpha value is -2.49. The molecular formula is C24H36O9. The highest BCUT2D eigenvalue weighted by Crippen LogP contribution is 2.31.